The van der Waals surface area contributed by atoms with E-state index in [0.717, 1.165) is 12.1 Å². The molecular formula is C11H6F2NO2-. The Hall–Kier alpha value is -2.04. The molecule has 1 aromatic carbocycles. The number of halogens is 2. The highest BCUT2D eigenvalue weighted by atomic mass is 19.3. The van der Waals surface area contributed by atoms with Crippen molar-refractivity contribution in [2.45, 2.75) is 6.43 Å². The van der Waals surface area contributed by atoms with Crippen LogP contribution in [0.3, 0.4) is 0 Å². The van der Waals surface area contributed by atoms with Crippen LogP contribution in [0.1, 0.15) is 22.3 Å². The van der Waals surface area contributed by atoms with E-state index >= 15 is 0 Å². The van der Waals surface area contributed by atoms with Crippen molar-refractivity contribution in [2.24, 2.45) is 0 Å². The van der Waals surface area contributed by atoms with Crippen molar-refractivity contribution >= 4 is 16.9 Å². The summed E-state index contributed by atoms with van der Waals surface area (Å²) in [6.45, 7) is 0. The van der Waals surface area contributed by atoms with Gasteiger partial charge in [0.25, 0.3) is 6.43 Å². The minimum atomic E-state index is -2.69. The van der Waals surface area contributed by atoms with Crippen molar-refractivity contribution in [1.82, 2.24) is 4.98 Å². The van der Waals surface area contributed by atoms with Gasteiger partial charge in [-0.05, 0) is 6.07 Å². The van der Waals surface area contributed by atoms with Gasteiger partial charge in [0.1, 0.15) is 0 Å². The van der Waals surface area contributed by atoms with Crippen LogP contribution in [0, 0.1) is 0 Å². The van der Waals surface area contributed by atoms with Crippen molar-refractivity contribution in [2.75, 3.05) is 0 Å². The number of rotatable bonds is 2. The van der Waals surface area contributed by atoms with Gasteiger partial charge in [-0.25, -0.2) is 8.78 Å². The van der Waals surface area contributed by atoms with Crippen molar-refractivity contribution in [1.29, 1.82) is 0 Å². The highest BCUT2D eigenvalue weighted by molar-refractivity contribution is 6.02. The minimum absolute atomic E-state index is 0.000741. The zero-order chi connectivity index (χ0) is 11.7. The first-order valence-electron chi connectivity index (χ1n) is 4.48. The number of hydrogen-bond acceptors (Lipinski definition) is 3. The third-order valence-electron chi connectivity index (χ3n) is 2.26. The van der Waals surface area contributed by atoms with Gasteiger partial charge in [0.05, 0.1) is 11.5 Å². The smallest absolute Gasteiger partial charge is 0.265 e. The van der Waals surface area contributed by atoms with Crippen molar-refractivity contribution in [3.8, 4) is 0 Å². The second-order valence-corrected chi connectivity index (χ2v) is 3.19. The fourth-order valence-corrected chi connectivity index (χ4v) is 1.55. The number of carboxylic acids is 1. The Morgan fingerprint density at radius 3 is 2.69 bits per heavy atom. The molecular weight excluding hydrogens is 216 g/mol. The molecule has 0 saturated carbocycles. The molecule has 2 aromatic rings. The molecule has 16 heavy (non-hydrogen) atoms. The maximum Gasteiger partial charge on any atom is 0.265 e. The average Bonchev–Trinajstić information content (AvgIpc) is 2.27. The van der Waals surface area contributed by atoms with Crippen LogP contribution in [-0.2, 0) is 0 Å². The van der Waals surface area contributed by atoms with Crippen molar-refractivity contribution < 1.29 is 18.7 Å². The van der Waals surface area contributed by atoms with Crippen LogP contribution >= 0.6 is 0 Å². The molecule has 0 radical (unpaired) electrons. The van der Waals surface area contributed by atoms with Crippen LogP contribution in [0.15, 0.2) is 30.5 Å². The van der Waals surface area contributed by atoms with E-state index in [1.54, 1.807) is 0 Å². The van der Waals surface area contributed by atoms with Gasteiger partial charge < -0.3 is 9.90 Å². The summed E-state index contributed by atoms with van der Waals surface area (Å²) in [5.41, 5.74) is -0.410. The van der Waals surface area contributed by atoms with Gasteiger partial charge >= 0.3 is 0 Å². The van der Waals surface area contributed by atoms with Crippen LogP contribution < -0.4 is 5.11 Å². The Morgan fingerprint density at radius 2 is 2.06 bits per heavy atom. The van der Waals surface area contributed by atoms with E-state index < -0.39 is 12.4 Å². The van der Waals surface area contributed by atoms with Gasteiger partial charge in [0.15, 0.2) is 0 Å². The van der Waals surface area contributed by atoms with Crippen molar-refractivity contribution in [3.63, 3.8) is 0 Å². The summed E-state index contributed by atoms with van der Waals surface area (Å²) in [5.74, 6) is -1.40. The highest BCUT2D eigenvalue weighted by Gasteiger charge is 2.14. The standard InChI is InChI=1S/C11H7F2NO2/c12-10(13)8-4-3-7(11(15)16)6-2-1-5-14-9(6)8/h1-5,10H,(H,15,16)/p-1. The molecule has 0 aliphatic heterocycles. The van der Waals surface area contributed by atoms with Crippen LogP contribution in [0.2, 0.25) is 0 Å². The Morgan fingerprint density at radius 1 is 1.31 bits per heavy atom. The third-order valence-corrected chi connectivity index (χ3v) is 2.26. The molecule has 1 aromatic heterocycles. The normalized spacial score (nSPS) is 10.9. The number of fused-ring (bicyclic) bond motifs is 1. The number of carboxylic acid groups (broad SMARTS) is 1. The van der Waals surface area contributed by atoms with E-state index in [2.05, 4.69) is 4.98 Å². The van der Waals surface area contributed by atoms with E-state index in [1.165, 1.54) is 18.3 Å². The van der Waals surface area contributed by atoms with Gasteiger partial charge in [-0.1, -0.05) is 18.2 Å². The van der Waals surface area contributed by atoms with Gasteiger partial charge in [-0.2, -0.15) is 0 Å². The van der Waals surface area contributed by atoms with Gasteiger partial charge in [-0.15, -0.1) is 0 Å². The van der Waals surface area contributed by atoms with E-state index in [1.807, 2.05) is 0 Å². The quantitative estimate of drug-likeness (QED) is 0.774. The lowest BCUT2D eigenvalue weighted by Crippen LogP contribution is -2.22. The second-order valence-electron chi connectivity index (χ2n) is 3.19. The number of aromatic nitrogens is 1. The fourth-order valence-electron chi connectivity index (χ4n) is 1.55. The summed E-state index contributed by atoms with van der Waals surface area (Å²) >= 11 is 0. The van der Waals surface area contributed by atoms with Crippen LogP contribution in [0.5, 0.6) is 0 Å². The Labute approximate surface area is 89.3 Å². The molecule has 0 N–H and O–H groups in total. The number of nitrogens with zero attached hydrogens (tertiary/aromatic N) is 1. The molecule has 0 atom stereocenters. The number of pyridine rings is 1. The summed E-state index contributed by atoms with van der Waals surface area (Å²) in [6.07, 6.45) is -1.35. The molecule has 1 heterocycles. The molecule has 0 aliphatic carbocycles. The Kier molecular flexibility index (Phi) is 2.52. The number of aromatic carboxylic acids is 1. The summed E-state index contributed by atoms with van der Waals surface area (Å²) in [4.78, 5) is 14.5. The van der Waals surface area contributed by atoms with E-state index in [-0.39, 0.29) is 22.0 Å². The van der Waals surface area contributed by atoms with Gasteiger partial charge in [0.2, 0.25) is 0 Å². The maximum atomic E-state index is 12.6. The summed E-state index contributed by atoms with van der Waals surface area (Å²) in [7, 11) is 0. The topological polar surface area (TPSA) is 53.0 Å². The monoisotopic (exact) mass is 222 g/mol. The summed E-state index contributed by atoms with van der Waals surface area (Å²) in [5, 5.41) is 10.9. The summed E-state index contributed by atoms with van der Waals surface area (Å²) < 4.78 is 25.3. The number of carbonyl (C=O) groups excluding carboxylic acids is 1. The molecule has 0 bridgehead atoms. The second kappa shape index (κ2) is 3.84. The first-order valence-corrected chi connectivity index (χ1v) is 4.48. The van der Waals surface area contributed by atoms with Crippen LogP contribution in [0.4, 0.5) is 8.78 Å². The Bertz CT molecular complexity index is 555. The third kappa shape index (κ3) is 1.60. The molecule has 0 unspecified atom stereocenters. The first kappa shape index (κ1) is 10.5. The van der Waals surface area contributed by atoms with Crippen LogP contribution in [0.25, 0.3) is 10.9 Å². The van der Waals surface area contributed by atoms with Crippen LogP contribution in [-0.4, -0.2) is 11.0 Å². The number of alkyl halides is 2. The minimum Gasteiger partial charge on any atom is -0.545 e. The molecule has 0 spiro atoms. The molecule has 0 saturated heterocycles. The maximum absolute atomic E-state index is 12.6. The SMILES string of the molecule is O=C([O-])c1ccc(C(F)F)c2ncccc12. The van der Waals surface area contributed by atoms with E-state index in [0.29, 0.717) is 0 Å². The zero-order valence-electron chi connectivity index (χ0n) is 7.98. The predicted octanol–water partition coefficient (Wildman–Crippen LogP) is 1.54. The predicted molar refractivity (Wildman–Crippen MR) is 51.0 cm³/mol. The van der Waals surface area contributed by atoms with E-state index in [9.17, 15) is 18.7 Å². The molecule has 0 amide bonds. The number of benzene rings is 1. The van der Waals surface area contributed by atoms with Crippen molar-refractivity contribution in [3.05, 3.63) is 41.6 Å². The largest absolute Gasteiger partial charge is 0.545 e. The van der Waals surface area contributed by atoms with Gasteiger partial charge in [0, 0.05) is 22.7 Å². The molecule has 2 rings (SSSR count). The zero-order valence-corrected chi connectivity index (χ0v) is 7.98. The van der Waals surface area contributed by atoms with Gasteiger partial charge in [-0.3, -0.25) is 4.98 Å². The molecule has 3 nitrogen and oxygen atoms in total. The first-order chi connectivity index (χ1) is 7.61. The fraction of sp³-hybridized carbons (Fsp3) is 0.0909. The average molecular weight is 222 g/mol. The molecule has 0 fully saturated rings. The lowest BCUT2D eigenvalue weighted by Gasteiger charge is -2.10. The molecule has 5 heteroatoms. The highest BCUT2D eigenvalue weighted by Crippen LogP contribution is 2.28. The molecule has 0 aliphatic rings. The lowest BCUT2D eigenvalue weighted by atomic mass is 10.0. The lowest BCUT2D eigenvalue weighted by molar-refractivity contribution is -0.254. The van der Waals surface area contributed by atoms with E-state index in [4.69, 9.17) is 0 Å². The number of hydrogen-bond donors (Lipinski definition) is 0. The Balaban J connectivity index is 2.82. The number of carbonyl (C=O) groups is 1. The summed E-state index contributed by atoms with van der Waals surface area (Å²) in [6, 6.07) is 5.09. The molecule has 82 valence electrons.